The minimum absolute atomic E-state index is 0.0891. The largest absolute Gasteiger partial charge is 0.374 e. The van der Waals surface area contributed by atoms with Gasteiger partial charge in [-0.3, -0.25) is 0 Å². The first-order valence-electron chi connectivity index (χ1n) is 8.46. The average molecular weight is 269 g/mol. The predicted molar refractivity (Wildman–Crippen MR) is 83.5 cm³/mol. The SMILES string of the molecule is CCCNC(C(C)CC)C1(OCC)CCC(C)CC1. The molecule has 2 nitrogen and oxygen atoms in total. The fourth-order valence-corrected chi connectivity index (χ4v) is 3.52. The second kappa shape index (κ2) is 8.26. The van der Waals surface area contributed by atoms with Crippen molar-refractivity contribution >= 4 is 0 Å². The Morgan fingerprint density at radius 1 is 1.21 bits per heavy atom. The van der Waals surface area contributed by atoms with E-state index < -0.39 is 0 Å². The van der Waals surface area contributed by atoms with Crippen molar-refractivity contribution in [3.05, 3.63) is 0 Å². The minimum Gasteiger partial charge on any atom is -0.374 e. The first kappa shape index (κ1) is 17.0. The molecule has 1 fully saturated rings. The molecule has 2 atom stereocenters. The van der Waals surface area contributed by atoms with Gasteiger partial charge in [-0.05, 0) is 57.4 Å². The van der Waals surface area contributed by atoms with Gasteiger partial charge in [-0.1, -0.05) is 34.1 Å². The molecule has 1 aliphatic rings. The van der Waals surface area contributed by atoms with E-state index in [1.165, 1.54) is 38.5 Å². The third-order valence-electron chi connectivity index (χ3n) is 4.95. The molecule has 0 aromatic heterocycles. The Morgan fingerprint density at radius 3 is 2.32 bits per heavy atom. The lowest BCUT2D eigenvalue weighted by Crippen LogP contribution is -2.57. The van der Waals surface area contributed by atoms with E-state index in [0.717, 1.165) is 19.1 Å². The fourth-order valence-electron chi connectivity index (χ4n) is 3.52. The van der Waals surface area contributed by atoms with Gasteiger partial charge in [0.05, 0.1) is 5.60 Å². The molecule has 0 amide bonds. The minimum atomic E-state index is 0.0891. The van der Waals surface area contributed by atoms with E-state index in [0.29, 0.717) is 12.0 Å². The number of hydrogen-bond acceptors (Lipinski definition) is 2. The van der Waals surface area contributed by atoms with Gasteiger partial charge < -0.3 is 10.1 Å². The van der Waals surface area contributed by atoms with Crippen LogP contribution in [0.2, 0.25) is 0 Å². The summed E-state index contributed by atoms with van der Waals surface area (Å²) in [5, 5.41) is 3.81. The smallest absolute Gasteiger partial charge is 0.0837 e. The van der Waals surface area contributed by atoms with Crippen LogP contribution < -0.4 is 5.32 Å². The summed E-state index contributed by atoms with van der Waals surface area (Å²) < 4.78 is 6.34. The lowest BCUT2D eigenvalue weighted by molar-refractivity contribution is -0.107. The summed E-state index contributed by atoms with van der Waals surface area (Å²) in [6, 6.07) is 0.518. The number of rotatable bonds is 8. The van der Waals surface area contributed by atoms with E-state index in [-0.39, 0.29) is 5.60 Å². The molecule has 0 saturated heterocycles. The molecule has 0 bridgehead atoms. The zero-order valence-electron chi connectivity index (χ0n) is 13.8. The summed E-state index contributed by atoms with van der Waals surface area (Å²) in [6.07, 6.45) is 7.53. The van der Waals surface area contributed by atoms with Crippen molar-refractivity contribution < 1.29 is 4.74 Å². The van der Waals surface area contributed by atoms with Crippen molar-refractivity contribution in [3.63, 3.8) is 0 Å². The molecular weight excluding hydrogens is 234 g/mol. The Hall–Kier alpha value is -0.0800. The first-order valence-corrected chi connectivity index (χ1v) is 8.46. The van der Waals surface area contributed by atoms with E-state index in [4.69, 9.17) is 4.74 Å². The van der Waals surface area contributed by atoms with E-state index >= 15 is 0 Å². The highest BCUT2D eigenvalue weighted by molar-refractivity contribution is 4.98. The third kappa shape index (κ3) is 4.46. The van der Waals surface area contributed by atoms with Crippen LogP contribution in [0, 0.1) is 11.8 Å². The summed E-state index contributed by atoms with van der Waals surface area (Å²) >= 11 is 0. The molecule has 2 unspecified atom stereocenters. The summed E-state index contributed by atoms with van der Waals surface area (Å²) in [4.78, 5) is 0. The van der Waals surface area contributed by atoms with Crippen molar-refractivity contribution in [1.82, 2.24) is 5.32 Å². The van der Waals surface area contributed by atoms with Crippen molar-refractivity contribution in [2.45, 2.75) is 84.8 Å². The van der Waals surface area contributed by atoms with Gasteiger partial charge in [0.1, 0.15) is 0 Å². The van der Waals surface area contributed by atoms with Gasteiger partial charge in [-0.2, -0.15) is 0 Å². The Morgan fingerprint density at radius 2 is 1.84 bits per heavy atom. The van der Waals surface area contributed by atoms with E-state index in [1.54, 1.807) is 0 Å². The summed E-state index contributed by atoms with van der Waals surface area (Å²) in [7, 11) is 0. The number of nitrogens with one attached hydrogen (secondary N) is 1. The summed E-state index contributed by atoms with van der Waals surface area (Å²) in [6.45, 7) is 13.4. The molecule has 114 valence electrons. The molecule has 1 rings (SSSR count). The molecule has 19 heavy (non-hydrogen) atoms. The van der Waals surface area contributed by atoms with Crippen LogP contribution in [0.3, 0.4) is 0 Å². The second-order valence-electron chi connectivity index (χ2n) is 6.50. The Labute approximate surface area is 120 Å². The van der Waals surface area contributed by atoms with Crippen LogP contribution in [-0.4, -0.2) is 24.8 Å². The van der Waals surface area contributed by atoms with Gasteiger partial charge in [-0.15, -0.1) is 0 Å². The molecule has 0 heterocycles. The summed E-state index contributed by atoms with van der Waals surface area (Å²) in [5.74, 6) is 1.56. The highest BCUT2D eigenvalue weighted by Gasteiger charge is 2.43. The summed E-state index contributed by atoms with van der Waals surface area (Å²) in [5.41, 5.74) is 0.0891. The zero-order valence-corrected chi connectivity index (χ0v) is 13.8. The highest BCUT2D eigenvalue weighted by Crippen LogP contribution is 2.40. The second-order valence-corrected chi connectivity index (χ2v) is 6.50. The molecule has 1 saturated carbocycles. The van der Waals surface area contributed by atoms with E-state index in [1.807, 2.05) is 0 Å². The van der Waals surface area contributed by atoms with Crippen LogP contribution in [0.4, 0.5) is 0 Å². The molecule has 0 spiro atoms. The lowest BCUT2D eigenvalue weighted by Gasteiger charge is -2.47. The van der Waals surface area contributed by atoms with Crippen molar-refractivity contribution in [2.75, 3.05) is 13.2 Å². The Balaban J connectivity index is 2.83. The topological polar surface area (TPSA) is 21.3 Å². The van der Waals surface area contributed by atoms with Crippen molar-refractivity contribution in [2.24, 2.45) is 11.8 Å². The van der Waals surface area contributed by atoms with Gasteiger partial charge in [0, 0.05) is 12.6 Å². The monoisotopic (exact) mass is 269 g/mol. The van der Waals surface area contributed by atoms with Crippen molar-refractivity contribution in [1.29, 1.82) is 0 Å². The predicted octanol–water partition coefficient (Wildman–Crippen LogP) is 4.39. The average Bonchev–Trinajstić information content (AvgIpc) is 2.42. The molecule has 0 aromatic carbocycles. The van der Waals surface area contributed by atoms with Crippen LogP contribution in [-0.2, 0) is 4.74 Å². The van der Waals surface area contributed by atoms with Crippen LogP contribution in [0.1, 0.15) is 73.1 Å². The molecular formula is C17H35NO. The van der Waals surface area contributed by atoms with Crippen LogP contribution in [0.5, 0.6) is 0 Å². The number of hydrogen-bond donors (Lipinski definition) is 1. The third-order valence-corrected chi connectivity index (χ3v) is 4.95. The molecule has 1 aliphatic carbocycles. The highest BCUT2D eigenvalue weighted by atomic mass is 16.5. The van der Waals surface area contributed by atoms with Crippen LogP contribution in [0.15, 0.2) is 0 Å². The standard InChI is InChI=1S/C17H35NO/c1-6-13-18-16(15(5)7-2)17(19-8-3)11-9-14(4)10-12-17/h14-16,18H,6-13H2,1-5H3. The van der Waals surface area contributed by atoms with Gasteiger partial charge in [0.25, 0.3) is 0 Å². The zero-order chi connectivity index (χ0) is 14.3. The van der Waals surface area contributed by atoms with E-state index in [2.05, 4.69) is 39.9 Å². The molecule has 0 aromatic rings. The Bertz CT molecular complexity index is 233. The quantitative estimate of drug-likeness (QED) is 0.706. The van der Waals surface area contributed by atoms with Crippen molar-refractivity contribution in [3.8, 4) is 0 Å². The van der Waals surface area contributed by atoms with Gasteiger partial charge >= 0.3 is 0 Å². The van der Waals surface area contributed by atoms with E-state index in [9.17, 15) is 0 Å². The maximum absolute atomic E-state index is 6.34. The maximum atomic E-state index is 6.34. The van der Waals surface area contributed by atoms with Crippen LogP contribution >= 0.6 is 0 Å². The number of ether oxygens (including phenoxy) is 1. The maximum Gasteiger partial charge on any atom is 0.0837 e. The van der Waals surface area contributed by atoms with Gasteiger partial charge in [0.2, 0.25) is 0 Å². The van der Waals surface area contributed by atoms with Gasteiger partial charge in [-0.25, -0.2) is 0 Å². The Kier molecular flexibility index (Phi) is 7.38. The molecule has 0 aliphatic heterocycles. The van der Waals surface area contributed by atoms with Gasteiger partial charge in [0.15, 0.2) is 0 Å². The molecule has 2 heteroatoms. The normalized spacial score (nSPS) is 31.1. The molecule has 1 N–H and O–H groups in total. The lowest BCUT2D eigenvalue weighted by atomic mass is 9.71. The van der Waals surface area contributed by atoms with Crippen LogP contribution in [0.25, 0.3) is 0 Å². The fraction of sp³-hybridized carbons (Fsp3) is 1.00. The molecule has 0 radical (unpaired) electrons. The first-order chi connectivity index (χ1) is 9.09.